The number of carbonyl (C=O) groups excluding carboxylic acids is 6. The molecule has 0 radical (unpaired) electrons. The van der Waals surface area contributed by atoms with Crippen LogP contribution < -0.4 is 21.4 Å². The summed E-state index contributed by atoms with van der Waals surface area (Å²) in [4.78, 5) is 114. The number of carboxylic acids is 3. The fraction of sp³-hybridized carbons (Fsp3) is 0.361. The summed E-state index contributed by atoms with van der Waals surface area (Å²) >= 11 is 0. The van der Waals surface area contributed by atoms with Crippen LogP contribution in [-0.4, -0.2) is 110 Å². The van der Waals surface area contributed by atoms with Gasteiger partial charge >= 0.3 is 24.0 Å². The molecule has 0 aliphatic carbocycles. The number of hydrazine groups is 1. The van der Waals surface area contributed by atoms with E-state index in [0.717, 1.165) is 17.7 Å². The predicted molar refractivity (Wildman–Crippen MR) is 191 cm³/mol. The van der Waals surface area contributed by atoms with Gasteiger partial charge in [-0.05, 0) is 23.5 Å². The van der Waals surface area contributed by atoms with E-state index in [9.17, 15) is 58.5 Å². The second-order valence-corrected chi connectivity index (χ2v) is 12.4. The quantitative estimate of drug-likeness (QED) is 0.0711. The third-order valence-electron chi connectivity index (χ3n) is 7.54. The van der Waals surface area contributed by atoms with Gasteiger partial charge in [-0.1, -0.05) is 74.5 Å². The number of nitrogens with zero attached hydrogens (tertiary/aromatic N) is 2. The van der Waals surface area contributed by atoms with Crippen molar-refractivity contribution < 1.29 is 63.2 Å². The van der Waals surface area contributed by atoms with Crippen LogP contribution in [0.3, 0.4) is 0 Å². The zero-order chi connectivity index (χ0) is 41.1. The molecule has 0 saturated heterocycles. The van der Waals surface area contributed by atoms with Crippen LogP contribution in [0, 0.1) is 5.92 Å². The largest absolute Gasteiger partial charge is 0.481 e. The van der Waals surface area contributed by atoms with Crippen molar-refractivity contribution in [3.63, 3.8) is 0 Å². The van der Waals surface area contributed by atoms with Gasteiger partial charge in [0.2, 0.25) is 17.7 Å². The maximum atomic E-state index is 13.5. The minimum absolute atomic E-state index is 0.204. The first-order chi connectivity index (χ1) is 26.0. The standard InChI is InChI=1S/C36H44N6O13/c1-22(2)32(35(53)40-42(20-31(49)50)28(44)16-15-27(43)41(3)19-23-10-6-4-7-11-23)39-33(51)25(14-17-29(45)46)37-34(52)26(18-30(47)48)38-36(54)55-21-24-12-8-5-9-13-24/h4-13,15-16,22,25-26,32H,14,17-21H2,1-3H3,(H,37,52)(H,38,54)(H,39,51)(H,40,53)(H,45,46)(H,47,48)(H,49,50)/t25-,26-,32-/m0/s1. The highest BCUT2D eigenvalue weighted by molar-refractivity contribution is 5.99. The topological polar surface area (TPSA) is 278 Å². The number of nitrogens with one attached hydrogen (secondary N) is 4. The van der Waals surface area contributed by atoms with Crippen molar-refractivity contribution in [3.05, 3.63) is 83.9 Å². The molecule has 0 unspecified atom stereocenters. The number of alkyl carbamates (subject to hydrolysis) is 1. The summed E-state index contributed by atoms with van der Waals surface area (Å²) in [6, 6.07) is 12.4. The lowest BCUT2D eigenvalue weighted by Gasteiger charge is -2.28. The molecule has 3 atom stereocenters. The van der Waals surface area contributed by atoms with Gasteiger partial charge in [-0.3, -0.25) is 43.8 Å². The molecule has 19 heteroatoms. The molecule has 0 aliphatic heterocycles. The highest BCUT2D eigenvalue weighted by Gasteiger charge is 2.33. The summed E-state index contributed by atoms with van der Waals surface area (Å²) < 4.78 is 5.05. The van der Waals surface area contributed by atoms with E-state index in [-0.39, 0.29) is 13.2 Å². The number of amides is 6. The Bertz CT molecular complexity index is 1720. The second kappa shape index (κ2) is 22.3. The molecule has 0 spiro atoms. The molecule has 0 aromatic heterocycles. The van der Waals surface area contributed by atoms with Gasteiger partial charge in [0.15, 0.2) is 0 Å². The number of carbonyl (C=O) groups is 9. The van der Waals surface area contributed by atoms with Crippen LogP contribution in [-0.2, 0) is 56.2 Å². The van der Waals surface area contributed by atoms with E-state index in [1.807, 2.05) is 0 Å². The van der Waals surface area contributed by atoms with Crippen molar-refractivity contribution in [1.29, 1.82) is 0 Å². The number of benzene rings is 2. The summed E-state index contributed by atoms with van der Waals surface area (Å²) in [5, 5.41) is 35.1. The van der Waals surface area contributed by atoms with Crippen molar-refractivity contribution in [2.75, 3.05) is 13.6 Å². The van der Waals surface area contributed by atoms with Gasteiger partial charge in [-0.15, -0.1) is 0 Å². The van der Waals surface area contributed by atoms with Gasteiger partial charge in [0.1, 0.15) is 31.3 Å². The number of carboxylic acid groups (broad SMARTS) is 3. The molecular formula is C36H44N6O13. The highest BCUT2D eigenvalue weighted by Crippen LogP contribution is 2.08. The number of hydrogen-bond donors (Lipinski definition) is 7. The molecule has 7 N–H and O–H groups in total. The third kappa shape index (κ3) is 16.6. The Labute approximate surface area is 315 Å². The number of rotatable bonds is 20. The smallest absolute Gasteiger partial charge is 0.408 e. The van der Waals surface area contributed by atoms with Crippen LogP contribution >= 0.6 is 0 Å². The Hall–Kier alpha value is -6.79. The highest BCUT2D eigenvalue weighted by atomic mass is 16.5. The Balaban J connectivity index is 2.18. The van der Waals surface area contributed by atoms with Crippen molar-refractivity contribution in [2.24, 2.45) is 5.92 Å². The van der Waals surface area contributed by atoms with Crippen LogP contribution in [0.15, 0.2) is 72.8 Å². The average Bonchev–Trinajstić information content (AvgIpc) is 3.12. The predicted octanol–water partition coefficient (Wildman–Crippen LogP) is 0.406. The molecule has 0 saturated carbocycles. The van der Waals surface area contributed by atoms with Crippen molar-refractivity contribution in [1.82, 2.24) is 31.3 Å². The molecule has 2 aromatic carbocycles. The van der Waals surface area contributed by atoms with E-state index >= 15 is 0 Å². The molecule has 6 amide bonds. The van der Waals surface area contributed by atoms with Crippen molar-refractivity contribution in [2.45, 2.75) is 64.4 Å². The van der Waals surface area contributed by atoms with E-state index in [1.165, 1.54) is 25.8 Å². The van der Waals surface area contributed by atoms with Crippen LogP contribution in [0.1, 0.15) is 44.2 Å². The number of likely N-dealkylation sites (N-methyl/N-ethyl adjacent to an activating group) is 1. The molecule has 2 rings (SSSR count). The van der Waals surface area contributed by atoms with Gasteiger partial charge in [0, 0.05) is 32.2 Å². The molecular weight excluding hydrogens is 724 g/mol. The minimum atomic E-state index is -1.78. The monoisotopic (exact) mass is 768 g/mol. The lowest BCUT2D eigenvalue weighted by Crippen LogP contribution is -2.60. The first kappa shape index (κ1) is 44.4. The average molecular weight is 769 g/mol. The Morgan fingerprint density at radius 2 is 1.25 bits per heavy atom. The number of aliphatic carboxylic acids is 3. The molecule has 2 aromatic rings. The Morgan fingerprint density at radius 3 is 1.80 bits per heavy atom. The molecule has 0 aliphatic rings. The summed E-state index contributed by atoms with van der Waals surface area (Å²) in [6.07, 6.45) is -1.68. The van der Waals surface area contributed by atoms with E-state index in [2.05, 4.69) is 21.4 Å². The molecule has 296 valence electrons. The third-order valence-corrected chi connectivity index (χ3v) is 7.54. The summed E-state index contributed by atoms with van der Waals surface area (Å²) in [5.74, 6) is -10.2. The van der Waals surface area contributed by atoms with Gasteiger partial charge in [0.25, 0.3) is 11.8 Å². The van der Waals surface area contributed by atoms with Crippen LogP contribution in [0.25, 0.3) is 0 Å². The Kier molecular flexibility index (Phi) is 18.0. The number of hydrogen-bond acceptors (Lipinski definition) is 10. The van der Waals surface area contributed by atoms with Gasteiger partial charge in [0.05, 0.1) is 6.42 Å². The fourth-order valence-corrected chi connectivity index (χ4v) is 4.69. The van der Waals surface area contributed by atoms with Crippen LogP contribution in [0.2, 0.25) is 0 Å². The molecule has 19 nitrogen and oxygen atoms in total. The lowest BCUT2D eigenvalue weighted by molar-refractivity contribution is -0.148. The maximum absolute atomic E-state index is 13.5. The van der Waals surface area contributed by atoms with E-state index in [0.29, 0.717) is 10.6 Å². The van der Waals surface area contributed by atoms with Crippen molar-refractivity contribution in [3.8, 4) is 0 Å². The lowest BCUT2D eigenvalue weighted by atomic mass is 10.0. The number of ether oxygens (including phenoxy) is 1. The van der Waals surface area contributed by atoms with E-state index in [4.69, 9.17) is 4.74 Å². The van der Waals surface area contributed by atoms with E-state index < -0.39 is 103 Å². The first-order valence-electron chi connectivity index (χ1n) is 16.8. The second-order valence-electron chi connectivity index (χ2n) is 12.4. The summed E-state index contributed by atoms with van der Waals surface area (Å²) in [7, 11) is 1.48. The molecule has 0 heterocycles. The molecule has 0 fully saturated rings. The van der Waals surface area contributed by atoms with Gasteiger partial charge in [-0.25, -0.2) is 9.80 Å². The van der Waals surface area contributed by atoms with Crippen LogP contribution in [0.4, 0.5) is 4.79 Å². The maximum Gasteiger partial charge on any atom is 0.408 e. The first-order valence-corrected chi connectivity index (χ1v) is 16.8. The van der Waals surface area contributed by atoms with E-state index in [1.54, 1.807) is 60.7 Å². The minimum Gasteiger partial charge on any atom is -0.481 e. The van der Waals surface area contributed by atoms with Gasteiger partial charge < -0.3 is 40.9 Å². The SMILES string of the molecule is CC(C)[C@H](NC(=O)[C@H](CCC(=O)O)NC(=O)[C@H](CC(=O)O)NC(=O)OCc1ccccc1)C(=O)NN(CC(=O)O)C(=O)C=CC(=O)N(C)Cc1ccccc1. The fourth-order valence-electron chi connectivity index (χ4n) is 4.69. The molecule has 55 heavy (non-hydrogen) atoms. The zero-order valence-corrected chi connectivity index (χ0v) is 30.3. The van der Waals surface area contributed by atoms with Crippen LogP contribution in [0.5, 0.6) is 0 Å². The summed E-state index contributed by atoms with van der Waals surface area (Å²) in [5.41, 5.74) is 3.51. The molecule has 0 bridgehead atoms. The van der Waals surface area contributed by atoms with Crippen molar-refractivity contribution >= 4 is 53.5 Å². The normalized spacial score (nSPS) is 12.4. The Morgan fingerprint density at radius 1 is 0.691 bits per heavy atom. The summed E-state index contributed by atoms with van der Waals surface area (Å²) in [6.45, 7) is 1.90. The van der Waals surface area contributed by atoms with Gasteiger partial charge in [-0.2, -0.15) is 0 Å². The zero-order valence-electron chi connectivity index (χ0n) is 30.3.